The number of hydrogen-bond acceptors (Lipinski definition) is 2. The molecule has 0 amide bonds. The maximum absolute atomic E-state index is 4.57. The van der Waals surface area contributed by atoms with E-state index in [2.05, 4.69) is 39.8 Å². The van der Waals surface area contributed by atoms with Gasteiger partial charge in [0.25, 0.3) is 0 Å². The number of nitrogens with one attached hydrogen (secondary N) is 2. The second-order valence-electron chi connectivity index (χ2n) is 4.56. The molecule has 2 N–H and O–H groups in total. The molecular weight excluding hydrogens is 377 g/mol. The second kappa shape index (κ2) is 9.38. The van der Waals surface area contributed by atoms with E-state index in [1.165, 1.54) is 5.56 Å². The van der Waals surface area contributed by atoms with Crippen LogP contribution in [0, 0.1) is 0 Å². The number of hydrogen-bond donors (Lipinski definition) is 2. The molecule has 0 aliphatic rings. The van der Waals surface area contributed by atoms with Gasteiger partial charge in [0.05, 0.1) is 18.8 Å². The van der Waals surface area contributed by atoms with Gasteiger partial charge in [-0.1, -0.05) is 6.07 Å². The van der Waals surface area contributed by atoms with Crippen molar-refractivity contribution in [3.8, 4) is 0 Å². The summed E-state index contributed by atoms with van der Waals surface area (Å²) in [4.78, 5) is 8.85. The number of pyridine rings is 1. The normalized spacial score (nSPS) is 10.9. The predicted octanol–water partition coefficient (Wildman–Crippen LogP) is 2.29. The zero-order valence-corrected chi connectivity index (χ0v) is 14.7. The largest absolute Gasteiger partial charge is 0.357 e. The van der Waals surface area contributed by atoms with Gasteiger partial charge in [-0.2, -0.15) is 0 Å². The second-order valence-corrected chi connectivity index (χ2v) is 4.56. The first-order chi connectivity index (χ1) is 9.78. The van der Waals surface area contributed by atoms with Crippen LogP contribution in [0.4, 0.5) is 0 Å². The molecule has 0 bridgehead atoms. The van der Waals surface area contributed by atoms with Crippen molar-refractivity contribution in [3.63, 3.8) is 0 Å². The lowest BCUT2D eigenvalue weighted by Crippen LogP contribution is -2.36. The molecule has 2 aromatic heterocycles. The highest BCUT2D eigenvalue weighted by atomic mass is 127. The van der Waals surface area contributed by atoms with Crippen molar-refractivity contribution in [3.05, 3.63) is 54.1 Å². The highest BCUT2D eigenvalue weighted by Crippen LogP contribution is 2.01. The van der Waals surface area contributed by atoms with Gasteiger partial charge < -0.3 is 15.2 Å². The third kappa shape index (κ3) is 6.16. The Bertz CT molecular complexity index is 550. The Morgan fingerprint density at radius 2 is 2.14 bits per heavy atom. The van der Waals surface area contributed by atoms with Crippen molar-refractivity contribution in [2.75, 3.05) is 6.54 Å². The summed E-state index contributed by atoms with van der Waals surface area (Å²) in [6.45, 7) is 4.23. The van der Waals surface area contributed by atoms with Crippen LogP contribution in [-0.4, -0.2) is 22.1 Å². The zero-order valence-electron chi connectivity index (χ0n) is 12.4. The molecule has 5 nitrogen and oxygen atoms in total. The average molecular weight is 399 g/mol. The van der Waals surface area contributed by atoms with E-state index in [0.29, 0.717) is 13.1 Å². The molecule has 114 valence electrons. The molecule has 0 saturated carbocycles. The summed E-state index contributed by atoms with van der Waals surface area (Å²) in [5, 5.41) is 6.52. The van der Waals surface area contributed by atoms with Gasteiger partial charge in [-0.05, 0) is 30.7 Å². The molecule has 0 radical (unpaired) electrons. The van der Waals surface area contributed by atoms with Crippen LogP contribution in [0.15, 0.2) is 47.8 Å². The molecule has 0 aliphatic heterocycles. The van der Waals surface area contributed by atoms with E-state index in [1.807, 2.05) is 36.0 Å². The monoisotopic (exact) mass is 399 g/mol. The standard InChI is InChI=1S/C15H21N5.HI/c1-3-16-15(18-10-13-7-9-20(2)12-13)19-11-14-6-4-5-8-17-14;/h4-9,12H,3,10-11H2,1-2H3,(H2,16,18,19);1H. The van der Waals surface area contributed by atoms with E-state index in [9.17, 15) is 0 Å². The third-order valence-electron chi connectivity index (χ3n) is 2.82. The van der Waals surface area contributed by atoms with E-state index in [-0.39, 0.29) is 24.0 Å². The lowest BCUT2D eigenvalue weighted by atomic mass is 10.3. The van der Waals surface area contributed by atoms with Gasteiger partial charge in [-0.25, -0.2) is 4.99 Å². The molecule has 0 saturated heterocycles. The topological polar surface area (TPSA) is 54.2 Å². The molecule has 6 heteroatoms. The molecule has 0 fully saturated rings. The molecule has 2 aromatic rings. The van der Waals surface area contributed by atoms with Crippen molar-refractivity contribution < 1.29 is 0 Å². The number of aromatic nitrogens is 2. The summed E-state index contributed by atoms with van der Waals surface area (Å²) >= 11 is 0. The number of halogens is 1. The van der Waals surface area contributed by atoms with Crippen LogP contribution in [0.1, 0.15) is 18.2 Å². The molecule has 2 rings (SSSR count). The molecule has 0 aliphatic carbocycles. The van der Waals surface area contributed by atoms with Gasteiger partial charge >= 0.3 is 0 Å². The molecular formula is C15H22IN5. The first-order valence-electron chi connectivity index (χ1n) is 6.81. The summed E-state index contributed by atoms with van der Waals surface area (Å²) in [6, 6.07) is 7.97. The van der Waals surface area contributed by atoms with Crippen molar-refractivity contribution in [2.24, 2.45) is 12.0 Å². The number of aliphatic imine (C=N–C) groups is 1. The SMILES string of the molecule is CCNC(=NCc1ccn(C)c1)NCc1ccccn1.I. The lowest BCUT2D eigenvalue weighted by Gasteiger charge is -2.10. The summed E-state index contributed by atoms with van der Waals surface area (Å²) < 4.78 is 2.03. The van der Waals surface area contributed by atoms with Gasteiger partial charge in [0.1, 0.15) is 0 Å². The fourth-order valence-corrected chi connectivity index (χ4v) is 1.84. The number of rotatable bonds is 5. The summed E-state index contributed by atoms with van der Waals surface area (Å²) in [5.74, 6) is 0.807. The fourth-order valence-electron chi connectivity index (χ4n) is 1.84. The fraction of sp³-hybridized carbons (Fsp3) is 0.333. The van der Waals surface area contributed by atoms with Crippen LogP contribution in [0.5, 0.6) is 0 Å². The van der Waals surface area contributed by atoms with Crippen LogP contribution in [0.2, 0.25) is 0 Å². The maximum atomic E-state index is 4.57. The van der Waals surface area contributed by atoms with Crippen LogP contribution >= 0.6 is 24.0 Å². The third-order valence-corrected chi connectivity index (χ3v) is 2.82. The lowest BCUT2D eigenvalue weighted by molar-refractivity contribution is 0.799. The van der Waals surface area contributed by atoms with Gasteiger partial charge in [-0.3, -0.25) is 4.98 Å². The molecule has 0 aromatic carbocycles. The van der Waals surface area contributed by atoms with Crippen LogP contribution in [0.25, 0.3) is 0 Å². The molecule has 0 spiro atoms. The van der Waals surface area contributed by atoms with Gasteiger partial charge in [0.2, 0.25) is 0 Å². The first-order valence-corrected chi connectivity index (χ1v) is 6.81. The van der Waals surface area contributed by atoms with Crippen molar-refractivity contribution in [2.45, 2.75) is 20.0 Å². The number of guanidine groups is 1. The van der Waals surface area contributed by atoms with E-state index in [4.69, 9.17) is 0 Å². The number of nitrogens with zero attached hydrogens (tertiary/aromatic N) is 3. The minimum atomic E-state index is 0. The Labute approximate surface area is 142 Å². The van der Waals surface area contributed by atoms with Gasteiger partial charge in [0, 0.05) is 32.2 Å². The minimum Gasteiger partial charge on any atom is -0.357 e. The van der Waals surface area contributed by atoms with Crippen LogP contribution < -0.4 is 10.6 Å². The van der Waals surface area contributed by atoms with Crippen molar-refractivity contribution >= 4 is 29.9 Å². The van der Waals surface area contributed by atoms with E-state index in [0.717, 1.165) is 18.2 Å². The van der Waals surface area contributed by atoms with Crippen LogP contribution in [-0.2, 0) is 20.1 Å². The van der Waals surface area contributed by atoms with Gasteiger partial charge in [-0.15, -0.1) is 24.0 Å². The van der Waals surface area contributed by atoms with E-state index in [1.54, 1.807) is 6.20 Å². The number of aryl methyl sites for hydroxylation is 1. The molecule has 2 heterocycles. The predicted molar refractivity (Wildman–Crippen MR) is 96.7 cm³/mol. The Kier molecular flexibility index (Phi) is 7.81. The molecule has 21 heavy (non-hydrogen) atoms. The minimum absolute atomic E-state index is 0. The smallest absolute Gasteiger partial charge is 0.191 e. The summed E-state index contributed by atoms with van der Waals surface area (Å²) in [5.41, 5.74) is 2.19. The average Bonchev–Trinajstić information content (AvgIpc) is 2.89. The Morgan fingerprint density at radius 1 is 1.29 bits per heavy atom. The maximum Gasteiger partial charge on any atom is 0.191 e. The Balaban J connectivity index is 0.00000220. The zero-order chi connectivity index (χ0) is 14.2. The van der Waals surface area contributed by atoms with Crippen molar-refractivity contribution in [1.82, 2.24) is 20.2 Å². The summed E-state index contributed by atoms with van der Waals surface area (Å²) in [7, 11) is 2.01. The molecule has 0 atom stereocenters. The van der Waals surface area contributed by atoms with Gasteiger partial charge in [0.15, 0.2) is 5.96 Å². The highest BCUT2D eigenvalue weighted by Gasteiger charge is 1.99. The van der Waals surface area contributed by atoms with E-state index >= 15 is 0 Å². The van der Waals surface area contributed by atoms with E-state index < -0.39 is 0 Å². The quantitative estimate of drug-likeness (QED) is 0.461. The molecule has 0 unspecified atom stereocenters. The Morgan fingerprint density at radius 3 is 2.76 bits per heavy atom. The van der Waals surface area contributed by atoms with Crippen LogP contribution in [0.3, 0.4) is 0 Å². The Hall–Kier alpha value is -1.57. The first kappa shape index (κ1) is 17.5. The summed E-state index contributed by atoms with van der Waals surface area (Å²) in [6.07, 6.45) is 5.90. The van der Waals surface area contributed by atoms with Crippen molar-refractivity contribution in [1.29, 1.82) is 0 Å². The highest BCUT2D eigenvalue weighted by molar-refractivity contribution is 14.0.